The van der Waals surface area contributed by atoms with Crippen molar-refractivity contribution in [2.75, 3.05) is 5.32 Å². The van der Waals surface area contributed by atoms with E-state index in [1.54, 1.807) is 31.2 Å². The molecule has 0 fully saturated rings. The number of rotatable bonds is 5. The molecular formula is C22H18ClN3O2S2. The van der Waals surface area contributed by atoms with E-state index in [2.05, 4.69) is 15.3 Å². The summed E-state index contributed by atoms with van der Waals surface area (Å²) in [5.74, 6) is -0.184. The molecule has 30 heavy (non-hydrogen) atoms. The molecule has 2 aromatic heterocycles. The number of aromatic amines is 1. The molecule has 0 spiro atoms. The summed E-state index contributed by atoms with van der Waals surface area (Å²) in [7, 11) is 0. The first kappa shape index (κ1) is 20.7. The molecule has 1 unspecified atom stereocenters. The molecule has 0 aliphatic heterocycles. The molecule has 152 valence electrons. The average Bonchev–Trinajstić information content (AvgIpc) is 3.15. The highest BCUT2D eigenvalue weighted by atomic mass is 35.5. The summed E-state index contributed by atoms with van der Waals surface area (Å²) in [5.41, 5.74) is 3.47. The number of fused-ring (bicyclic) bond motifs is 1. The topological polar surface area (TPSA) is 74.8 Å². The highest BCUT2D eigenvalue weighted by Crippen LogP contribution is 2.32. The highest BCUT2D eigenvalue weighted by Gasteiger charge is 2.18. The molecule has 1 atom stereocenters. The zero-order chi connectivity index (χ0) is 21.3. The Morgan fingerprint density at radius 2 is 1.87 bits per heavy atom. The summed E-state index contributed by atoms with van der Waals surface area (Å²) in [6, 6.07) is 14.9. The van der Waals surface area contributed by atoms with E-state index >= 15 is 0 Å². The van der Waals surface area contributed by atoms with Gasteiger partial charge < -0.3 is 10.3 Å². The number of aryl methyl sites for hydroxylation is 1. The Balaban J connectivity index is 1.55. The zero-order valence-corrected chi connectivity index (χ0v) is 18.6. The van der Waals surface area contributed by atoms with Crippen molar-refractivity contribution in [3.05, 3.63) is 74.9 Å². The Morgan fingerprint density at radius 1 is 1.17 bits per heavy atom. The zero-order valence-electron chi connectivity index (χ0n) is 16.2. The summed E-state index contributed by atoms with van der Waals surface area (Å²) in [6.07, 6.45) is 0. The van der Waals surface area contributed by atoms with Crippen LogP contribution in [0, 0.1) is 6.92 Å². The van der Waals surface area contributed by atoms with Crippen molar-refractivity contribution in [1.29, 1.82) is 0 Å². The molecule has 0 radical (unpaired) electrons. The molecule has 0 aliphatic rings. The summed E-state index contributed by atoms with van der Waals surface area (Å²) in [5, 5.41) is 5.93. The van der Waals surface area contributed by atoms with E-state index in [4.69, 9.17) is 11.6 Å². The van der Waals surface area contributed by atoms with Gasteiger partial charge in [0, 0.05) is 21.7 Å². The van der Waals surface area contributed by atoms with Crippen LogP contribution in [0.2, 0.25) is 5.02 Å². The highest BCUT2D eigenvalue weighted by molar-refractivity contribution is 8.00. The number of anilines is 1. The SMILES string of the molecule is Cc1ccc(-c2csc3nc(SC(C)C(=O)Nc4ccc(Cl)cc4)[nH]c(=O)c23)cc1. The number of aromatic nitrogens is 2. The lowest BCUT2D eigenvalue weighted by atomic mass is 10.1. The van der Waals surface area contributed by atoms with Crippen molar-refractivity contribution in [2.24, 2.45) is 0 Å². The Kier molecular flexibility index (Phi) is 5.94. The van der Waals surface area contributed by atoms with Crippen molar-refractivity contribution >= 4 is 56.5 Å². The minimum Gasteiger partial charge on any atom is -0.325 e. The first-order chi connectivity index (χ1) is 14.4. The van der Waals surface area contributed by atoms with Gasteiger partial charge in [-0.3, -0.25) is 9.59 Å². The van der Waals surface area contributed by atoms with Crippen LogP contribution >= 0.6 is 34.7 Å². The third-order valence-corrected chi connectivity index (χ3v) is 6.66. The van der Waals surface area contributed by atoms with E-state index < -0.39 is 5.25 Å². The third-order valence-electron chi connectivity index (χ3n) is 4.55. The van der Waals surface area contributed by atoms with E-state index in [1.165, 1.54) is 23.1 Å². The molecule has 0 saturated heterocycles. The number of thioether (sulfide) groups is 1. The fourth-order valence-electron chi connectivity index (χ4n) is 2.93. The number of benzene rings is 2. The second-order valence-electron chi connectivity index (χ2n) is 6.82. The van der Waals surface area contributed by atoms with Gasteiger partial charge in [0.05, 0.1) is 10.6 Å². The van der Waals surface area contributed by atoms with Gasteiger partial charge in [0.25, 0.3) is 5.56 Å². The van der Waals surface area contributed by atoms with Crippen LogP contribution in [0.5, 0.6) is 0 Å². The van der Waals surface area contributed by atoms with Gasteiger partial charge in [-0.1, -0.05) is 53.2 Å². The van der Waals surface area contributed by atoms with Crippen LogP contribution in [0.25, 0.3) is 21.3 Å². The lowest BCUT2D eigenvalue weighted by Crippen LogP contribution is -2.23. The summed E-state index contributed by atoms with van der Waals surface area (Å²) >= 11 is 8.51. The van der Waals surface area contributed by atoms with Crippen LogP contribution < -0.4 is 10.9 Å². The van der Waals surface area contributed by atoms with Crippen molar-refractivity contribution in [2.45, 2.75) is 24.3 Å². The number of amides is 1. The van der Waals surface area contributed by atoms with Gasteiger partial charge in [0.15, 0.2) is 5.16 Å². The number of nitrogens with zero attached hydrogens (tertiary/aromatic N) is 1. The first-order valence-electron chi connectivity index (χ1n) is 9.22. The number of halogens is 1. The molecule has 2 N–H and O–H groups in total. The molecule has 0 aliphatic carbocycles. The maximum atomic E-state index is 12.8. The van der Waals surface area contributed by atoms with Gasteiger partial charge in [-0.2, -0.15) is 0 Å². The summed E-state index contributed by atoms with van der Waals surface area (Å²) in [4.78, 5) is 33.3. The Bertz CT molecular complexity index is 1260. The van der Waals surface area contributed by atoms with Crippen molar-refractivity contribution < 1.29 is 4.79 Å². The standard InChI is InChI=1S/C22H18ClN3O2S2/c1-12-3-5-14(6-4-12)17-11-29-21-18(17)20(28)25-22(26-21)30-13(2)19(27)24-16-9-7-15(23)8-10-16/h3-11,13H,1-2H3,(H,24,27)(H,25,26,28). The van der Waals surface area contributed by atoms with Gasteiger partial charge in [0.1, 0.15) is 4.83 Å². The minimum absolute atomic E-state index is 0.184. The summed E-state index contributed by atoms with van der Waals surface area (Å²) in [6.45, 7) is 3.80. The van der Waals surface area contributed by atoms with Gasteiger partial charge in [-0.15, -0.1) is 11.3 Å². The van der Waals surface area contributed by atoms with E-state index in [9.17, 15) is 9.59 Å². The fourth-order valence-corrected chi connectivity index (χ4v) is 4.86. The quantitative estimate of drug-likeness (QED) is 0.297. The molecular weight excluding hydrogens is 438 g/mol. The van der Waals surface area contributed by atoms with Crippen LogP contribution in [-0.4, -0.2) is 21.1 Å². The number of thiophene rings is 1. The van der Waals surface area contributed by atoms with E-state index in [0.29, 0.717) is 26.1 Å². The van der Waals surface area contributed by atoms with Crippen molar-refractivity contribution in [3.63, 3.8) is 0 Å². The molecule has 5 nitrogen and oxygen atoms in total. The van der Waals surface area contributed by atoms with Gasteiger partial charge in [-0.25, -0.2) is 4.98 Å². The smallest absolute Gasteiger partial charge is 0.260 e. The summed E-state index contributed by atoms with van der Waals surface area (Å²) < 4.78 is 0. The normalized spacial score (nSPS) is 12.1. The van der Waals surface area contributed by atoms with E-state index in [1.807, 2.05) is 36.6 Å². The first-order valence-corrected chi connectivity index (χ1v) is 11.4. The number of hydrogen-bond acceptors (Lipinski definition) is 5. The number of H-pyrrole nitrogens is 1. The number of carbonyl (C=O) groups is 1. The van der Waals surface area contributed by atoms with E-state index in [0.717, 1.165) is 16.7 Å². The van der Waals surface area contributed by atoms with Crippen LogP contribution in [-0.2, 0) is 4.79 Å². The maximum Gasteiger partial charge on any atom is 0.260 e. The van der Waals surface area contributed by atoms with Crippen LogP contribution in [0.4, 0.5) is 5.69 Å². The van der Waals surface area contributed by atoms with Gasteiger partial charge >= 0.3 is 0 Å². The molecule has 0 saturated carbocycles. The Morgan fingerprint density at radius 3 is 2.57 bits per heavy atom. The molecule has 1 amide bonds. The lowest BCUT2D eigenvalue weighted by Gasteiger charge is -2.11. The van der Waals surface area contributed by atoms with Crippen LogP contribution in [0.1, 0.15) is 12.5 Å². The monoisotopic (exact) mass is 455 g/mol. The molecule has 4 aromatic rings. The van der Waals surface area contributed by atoms with Crippen molar-refractivity contribution in [1.82, 2.24) is 9.97 Å². The number of hydrogen-bond donors (Lipinski definition) is 2. The van der Waals surface area contributed by atoms with Crippen molar-refractivity contribution in [3.8, 4) is 11.1 Å². The lowest BCUT2D eigenvalue weighted by molar-refractivity contribution is -0.115. The third kappa shape index (κ3) is 4.43. The molecule has 4 rings (SSSR count). The fraction of sp³-hybridized carbons (Fsp3) is 0.136. The van der Waals surface area contributed by atoms with Crippen LogP contribution in [0.3, 0.4) is 0 Å². The molecule has 8 heteroatoms. The predicted octanol–water partition coefficient (Wildman–Crippen LogP) is 5.73. The second kappa shape index (κ2) is 8.63. The second-order valence-corrected chi connectivity index (χ2v) is 9.45. The predicted molar refractivity (Wildman–Crippen MR) is 126 cm³/mol. The molecule has 2 heterocycles. The largest absolute Gasteiger partial charge is 0.325 e. The Labute approximate surface area is 186 Å². The van der Waals surface area contributed by atoms with Gasteiger partial charge in [0.2, 0.25) is 5.91 Å². The Hall–Kier alpha value is -2.61. The minimum atomic E-state index is -0.446. The number of carbonyl (C=O) groups excluding carboxylic acids is 1. The number of nitrogens with one attached hydrogen (secondary N) is 2. The molecule has 2 aromatic carbocycles. The van der Waals surface area contributed by atoms with E-state index in [-0.39, 0.29) is 11.5 Å². The average molecular weight is 456 g/mol. The molecule has 0 bridgehead atoms. The van der Waals surface area contributed by atoms with Crippen LogP contribution in [0.15, 0.2) is 63.9 Å². The van der Waals surface area contributed by atoms with Gasteiger partial charge in [-0.05, 0) is 43.7 Å². The maximum absolute atomic E-state index is 12.8.